The SMILES string of the molecule is CCCNC(=O)NC(=O)CSc1nc2ccccc2c(=O)n1-c1cccc(C)c1C. The van der Waals surface area contributed by atoms with Gasteiger partial charge in [-0.1, -0.05) is 43.0 Å². The second-order valence-electron chi connectivity index (χ2n) is 6.86. The van der Waals surface area contributed by atoms with E-state index < -0.39 is 11.9 Å². The number of hydrogen-bond acceptors (Lipinski definition) is 5. The maximum Gasteiger partial charge on any atom is 0.321 e. The number of fused-ring (bicyclic) bond motifs is 1. The van der Waals surface area contributed by atoms with Gasteiger partial charge in [-0.05, 0) is 49.6 Å². The smallest absolute Gasteiger partial charge is 0.321 e. The molecule has 0 unspecified atom stereocenters. The minimum Gasteiger partial charge on any atom is -0.338 e. The maximum atomic E-state index is 13.3. The van der Waals surface area contributed by atoms with Crippen LogP contribution in [-0.2, 0) is 4.79 Å². The van der Waals surface area contributed by atoms with Crippen LogP contribution in [0.5, 0.6) is 0 Å². The quantitative estimate of drug-likeness (QED) is 0.468. The Balaban J connectivity index is 1.97. The summed E-state index contributed by atoms with van der Waals surface area (Å²) in [5, 5.41) is 5.79. The van der Waals surface area contributed by atoms with E-state index in [1.807, 2.05) is 45.0 Å². The van der Waals surface area contributed by atoms with Gasteiger partial charge in [0.1, 0.15) is 0 Å². The first-order valence-electron chi connectivity index (χ1n) is 9.71. The minimum absolute atomic E-state index is 0.0464. The van der Waals surface area contributed by atoms with Gasteiger partial charge in [0.25, 0.3) is 5.56 Å². The molecule has 0 radical (unpaired) electrons. The van der Waals surface area contributed by atoms with Crippen molar-refractivity contribution in [3.8, 4) is 5.69 Å². The van der Waals surface area contributed by atoms with E-state index >= 15 is 0 Å². The molecule has 0 saturated carbocycles. The molecule has 2 N–H and O–H groups in total. The number of imide groups is 1. The average Bonchev–Trinajstić information content (AvgIpc) is 2.73. The molecule has 0 spiro atoms. The zero-order chi connectivity index (χ0) is 21.7. The molecule has 0 aliphatic carbocycles. The summed E-state index contributed by atoms with van der Waals surface area (Å²) in [7, 11) is 0. The van der Waals surface area contributed by atoms with Crippen LogP contribution in [0.2, 0.25) is 0 Å². The molecular formula is C22H24N4O3S. The van der Waals surface area contributed by atoms with Crippen molar-refractivity contribution in [3.05, 3.63) is 63.9 Å². The Bertz CT molecular complexity index is 1160. The molecule has 1 aromatic heterocycles. The zero-order valence-corrected chi connectivity index (χ0v) is 18.0. The first-order chi connectivity index (χ1) is 14.4. The molecule has 0 aliphatic rings. The highest BCUT2D eigenvalue weighted by Crippen LogP contribution is 2.24. The van der Waals surface area contributed by atoms with Crippen molar-refractivity contribution in [2.75, 3.05) is 12.3 Å². The van der Waals surface area contributed by atoms with E-state index in [2.05, 4.69) is 15.6 Å². The van der Waals surface area contributed by atoms with Crippen LogP contribution in [0.1, 0.15) is 24.5 Å². The van der Waals surface area contributed by atoms with Crippen molar-refractivity contribution in [2.24, 2.45) is 0 Å². The molecule has 0 atom stereocenters. The Morgan fingerprint density at radius 1 is 1.10 bits per heavy atom. The normalized spacial score (nSPS) is 10.8. The van der Waals surface area contributed by atoms with Gasteiger partial charge in [0.2, 0.25) is 5.91 Å². The number of aromatic nitrogens is 2. The number of benzene rings is 2. The van der Waals surface area contributed by atoms with Crippen molar-refractivity contribution in [2.45, 2.75) is 32.3 Å². The summed E-state index contributed by atoms with van der Waals surface area (Å²) >= 11 is 1.12. The lowest BCUT2D eigenvalue weighted by Gasteiger charge is -2.16. The Morgan fingerprint density at radius 2 is 1.87 bits per heavy atom. The summed E-state index contributed by atoms with van der Waals surface area (Å²) in [6, 6.07) is 12.3. The lowest BCUT2D eigenvalue weighted by Crippen LogP contribution is -2.40. The van der Waals surface area contributed by atoms with Gasteiger partial charge in [0, 0.05) is 6.54 Å². The van der Waals surface area contributed by atoms with Gasteiger partial charge in [-0.15, -0.1) is 0 Å². The first kappa shape index (κ1) is 21.6. The van der Waals surface area contributed by atoms with E-state index in [0.717, 1.165) is 35.0 Å². The number of amides is 3. The second-order valence-corrected chi connectivity index (χ2v) is 7.81. The van der Waals surface area contributed by atoms with E-state index in [9.17, 15) is 14.4 Å². The third kappa shape index (κ3) is 4.71. The molecule has 0 saturated heterocycles. The number of rotatable bonds is 6. The number of urea groups is 1. The molecule has 0 aliphatic heterocycles. The van der Waals surface area contributed by atoms with Crippen molar-refractivity contribution >= 4 is 34.6 Å². The lowest BCUT2D eigenvalue weighted by molar-refractivity contribution is -0.117. The molecule has 1 heterocycles. The Kier molecular flexibility index (Phi) is 6.89. The fourth-order valence-corrected chi connectivity index (χ4v) is 3.78. The van der Waals surface area contributed by atoms with Crippen LogP contribution in [0.15, 0.2) is 52.4 Å². The van der Waals surface area contributed by atoms with Crippen LogP contribution in [0.25, 0.3) is 16.6 Å². The second kappa shape index (κ2) is 9.58. The Hall–Kier alpha value is -3.13. The fourth-order valence-electron chi connectivity index (χ4n) is 2.97. The van der Waals surface area contributed by atoms with Crippen LogP contribution in [0.4, 0.5) is 4.79 Å². The molecular weight excluding hydrogens is 400 g/mol. The van der Waals surface area contributed by atoms with E-state index in [1.54, 1.807) is 22.8 Å². The zero-order valence-electron chi connectivity index (χ0n) is 17.2. The number of nitrogens with zero attached hydrogens (tertiary/aromatic N) is 2. The summed E-state index contributed by atoms with van der Waals surface area (Å²) in [4.78, 5) is 41.8. The van der Waals surface area contributed by atoms with Crippen molar-refractivity contribution in [1.29, 1.82) is 0 Å². The third-order valence-corrected chi connectivity index (χ3v) is 5.62. The van der Waals surface area contributed by atoms with Gasteiger partial charge in [-0.25, -0.2) is 9.78 Å². The molecule has 2 aromatic carbocycles. The number of aryl methyl sites for hydroxylation is 1. The number of nitrogens with one attached hydrogen (secondary N) is 2. The number of carbonyl (C=O) groups is 2. The molecule has 3 rings (SSSR count). The summed E-state index contributed by atoms with van der Waals surface area (Å²) < 4.78 is 1.54. The van der Waals surface area contributed by atoms with Crippen molar-refractivity contribution in [1.82, 2.24) is 20.2 Å². The van der Waals surface area contributed by atoms with Crippen LogP contribution in [0, 0.1) is 13.8 Å². The molecule has 3 amide bonds. The summed E-state index contributed by atoms with van der Waals surface area (Å²) in [6.07, 6.45) is 0.777. The number of carbonyl (C=O) groups excluding carboxylic acids is 2. The van der Waals surface area contributed by atoms with Gasteiger partial charge >= 0.3 is 6.03 Å². The molecule has 156 valence electrons. The van der Waals surface area contributed by atoms with Crippen LogP contribution >= 0.6 is 11.8 Å². The minimum atomic E-state index is -0.527. The lowest BCUT2D eigenvalue weighted by atomic mass is 10.1. The van der Waals surface area contributed by atoms with Crippen molar-refractivity contribution < 1.29 is 9.59 Å². The van der Waals surface area contributed by atoms with Crippen LogP contribution in [0.3, 0.4) is 0 Å². The van der Waals surface area contributed by atoms with Crippen molar-refractivity contribution in [3.63, 3.8) is 0 Å². The highest BCUT2D eigenvalue weighted by Gasteiger charge is 2.17. The fraction of sp³-hybridized carbons (Fsp3) is 0.273. The number of para-hydroxylation sites is 1. The summed E-state index contributed by atoms with van der Waals surface area (Å²) in [5.41, 5.74) is 3.10. The molecule has 8 heteroatoms. The summed E-state index contributed by atoms with van der Waals surface area (Å²) in [5.74, 6) is -0.502. The Labute approximate surface area is 178 Å². The number of thioether (sulfide) groups is 1. The van der Waals surface area contributed by atoms with E-state index in [0.29, 0.717) is 22.6 Å². The van der Waals surface area contributed by atoms with Crippen LogP contribution in [-0.4, -0.2) is 33.8 Å². The number of hydrogen-bond donors (Lipinski definition) is 2. The van der Waals surface area contributed by atoms with Crippen LogP contribution < -0.4 is 16.2 Å². The predicted octanol–water partition coefficient (Wildman–Crippen LogP) is 3.33. The topological polar surface area (TPSA) is 93.1 Å². The Morgan fingerprint density at radius 3 is 2.63 bits per heavy atom. The third-order valence-electron chi connectivity index (χ3n) is 4.68. The molecule has 0 bridgehead atoms. The predicted molar refractivity (Wildman–Crippen MR) is 119 cm³/mol. The average molecular weight is 425 g/mol. The van der Waals surface area contributed by atoms with E-state index in [-0.39, 0.29) is 11.3 Å². The highest BCUT2D eigenvalue weighted by atomic mass is 32.2. The van der Waals surface area contributed by atoms with Gasteiger partial charge in [0.15, 0.2) is 5.16 Å². The van der Waals surface area contributed by atoms with Gasteiger partial charge in [-0.3, -0.25) is 19.5 Å². The van der Waals surface area contributed by atoms with E-state index in [1.165, 1.54) is 0 Å². The van der Waals surface area contributed by atoms with Gasteiger partial charge in [0.05, 0.1) is 22.3 Å². The van der Waals surface area contributed by atoms with E-state index in [4.69, 9.17) is 0 Å². The molecule has 30 heavy (non-hydrogen) atoms. The standard InChI is InChI=1S/C22H24N4O3S/c1-4-12-23-21(29)25-19(27)13-30-22-24-17-10-6-5-9-16(17)20(28)26(22)18-11-7-8-14(2)15(18)3/h5-11H,4,12-13H2,1-3H3,(H2,23,25,27,29). The summed E-state index contributed by atoms with van der Waals surface area (Å²) in [6.45, 7) is 6.35. The molecule has 7 nitrogen and oxygen atoms in total. The maximum absolute atomic E-state index is 13.3. The largest absolute Gasteiger partial charge is 0.338 e. The molecule has 0 fully saturated rings. The van der Waals surface area contributed by atoms with Gasteiger partial charge < -0.3 is 5.32 Å². The molecule has 3 aromatic rings. The monoisotopic (exact) mass is 424 g/mol. The highest BCUT2D eigenvalue weighted by molar-refractivity contribution is 7.99. The van der Waals surface area contributed by atoms with Gasteiger partial charge in [-0.2, -0.15) is 0 Å². The first-order valence-corrected chi connectivity index (χ1v) is 10.7.